The van der Waals surface area contributed by atoms with E-state index in [0.29, 0.717) is 23.1 Å². The number of carbonyl (C=O) groups excluding carboxylic acids is 1. The largest absolute Gasteiger partial charge is 0.393 e. The van der Waals surface area contributed by atoms with Gasteiger partial charge in [0.1, 0.15) is 4.60 Å². The fourth-order valence-corrected chi connectivity index (χ4v) is 1.78. The van der Waals surface area contributed by atoms with Gasteiger partial charge in [-0.05, 0) is 47.3 Å². The third kappa shape index (κ3) is 5.28. The van der Waals surface area contributed by atoms with E-state index in [-0.39, 0.29) is 17.9 Å². The third-order valence-corrected chi connectivity index (χ3v) is 2.81. The predicted octanol–water partition coefficient (Wildman–Crippen LogP) is 1.98. The number of aromatic nitrogens is 1. The van der Waals surface area contributed by atoms with E-state index in [9.17, 15) is 9.90 Å². The van der Waals surface area contributed by atoms with E-state index in [1.807, 2.05) is 6.92 Å². The van der Waals surface area contributed by atoms with Crippen LogP contribution in [0.25, 0.3) is 0 Å². The quantitative estimate of drug-likeness (QED) is 0.818. The van der Waals surface area contributed by atoms with Gasteiger partial charge in [0.05, 0.1) is 11.7 Å². The minimum Gasteiger partial charge on any atom is -0.393 e. The molecule has 1 amide bonds. The van der Waals surface area contributed by atoms with Crippen molar-refractivity contribution in [1.82, 2.24) is 10.3 Å². The first-order chi connectivity index (χ1) is 7.99. The highest BCUT2D eigenvalue weighted by atomic mass is 79.9. The maximum atomic E-state index is 11.7. The molecule has 0 saturated heterocycles. The zero-order chi connectivity index (χ0) is 12.8. The van der Waals surface area contributed by atoms with Crippen molar-refractivity contribution in [2.75, 3.05) is 6.54 Å². The highest BCUT2D eigenvalue weighted by Gasteiger charge is 2.09. The molecule has 0 aliphatic heterocycles. The second kappa shape index (κ2) is 6.71. The summed E-state index contributed by atoms with van der Waals surface area (Å²) < 4.78 is 0.705. The van der Waals surface area contributed by atoms with E-state index in [1.165, 1.54) is 6.20 Å². The first-order valence-electron chi connectivity index (χ1n) is 5.57. The number of hydrogen-bond acceptors (Lipinski definition) is 3. The number of aliphatic hydroxyl groups excluding tert-OH is 1. The molecule has 0 fully saturated rings. The molecule has 1 aromatic heterocycles. The Labute approximate surface area is 110 Å². The summed E-state index contributed by atoms with van der Waals surface area (Å²) >= 11 is 3.21. The minimum atomic E-state index is -0.337. The van der Waals surface area contributed by atoms with Gasteiger partial charge in [-0.15, -0.1) is 0 Å². The number of pyridine rings is 1. The summed E-state index contributed by atoms with van der Waals surface area (Å²) in [6, 6.07) is 3.44. The van der Waals surface area contributed by atoms with Crippen LogP contribution in [0.15, 0.2) is 22.9 Å². The topological polar surface area (TPSA) is 62.2 Å². The smallest absolute Gasteiger partial charge is 0.252 e. The van der Waals surface area contributed by atoms with Gasteiger partial charge in [-0.2, -0.15) is 0 Å². The summed E-state index contributed by atoms with van der Waals surface area (Å²) in [5.74, 6) is 0.116. The number of halogens is 1. The predicted molar refractivity (Wildman–Crippen MR) is 69.7 cm³/mol. The van der Waals surface area contributed by atoms with Crippen LogP contribution in [0.2, 0.25) is 0 Å². The monoisotopic (exact) mass is 300 g/mol. The van der Waals surface area contributed by atoms with Gasteiger partial charge in [-0.1, -0.05) is 6.92 Å². The van der Waals surface area contributed by atoms with Gasteiger partial charge in [0, 0.05) is 12.7 Å². The van der Waals surface area contributed by atoms with Crippen molar-refractivity contribution in [3.05, 3.63) is 28.5 Å². The Balaban J connectivity index is 2.42. The molecule has 0 spiro atoms. The molecule has 4 nitrogen and oxygen atoms in total. The van der Waals surface area contributed by atoms with Crippen molar-refractivity contribution in [2.24, 2.45) is 5.92 Å². The SMILES string of the molecule is CC(O)CC(C)CNC(=O)c1ccc(Br)nc1. The second-order valence-corrected chi connectivity index (χ2v) is 5.08. The number of nitrogens with zero attached hydrogens (tertiary/aromatic N) is 1. The molecule has 1 rings (SSSR count). The Bertz CT molecular complexity index is 365. The maximum Gasteiger partial charge on any atom is 0.252 e. The molecule has 94 valence electrons. The lowest BCUT2D eigenvalue weighted by molar-refractivity contribution is 0.0939. The summed E-state index contributed by atoms with van der Waals surface area (Å²) in [7, 11) is 0. The van der Waals surface area contributed by atoms with Crippen molar-refractivity contribution < 1.29 is 9.90 Å². The second-order valence-electron chi connectivity index (χ2n) is 4.27. The molecular weight excluding hydrogens is 284 g/mol. The van der Waals surface area contributed by atoms with E-state index < -0.39 is 0 Å². The summed E-state index contributed by atoms with van der Waals surface area (Å²) in [5, 5.41) is 12.0. The zero-order valence-electron chi connectivity index (χ0n) is 9.98. The van der Waals surface area contributed by atoms with Gasteiger partial charge in [-0.3, -0.25) is 4.79 Å². The molecule has 0 saturated carbocycles. The Hall–Kier alpha value is -0.940. The van der Waals surface area contributed by atoms with E-state index in [0.717, 1.165) is 0 Å². The molecule has 2 atom stereocenters. The van der Waals surface area contributed by atoms with Crippen molar-refractivity contribution in [3.8, 4) is 0 Å². The van der Waals surface area contributed by atoms with Gasteiger partial charge < -0.3 is 10.4 Å². The van der Waals surface area contributed by atoms with Crippen LogP contribution >= 0.6 is 15.9 Å². The van der Waals surface area contributed by atoms with Crippen LogP contribution in [0.5, 0.6) is 0 Å². The molecule has 0 bridgehead atoms. The lowest BCUT2D eigenvalue weighted by Gasteiger charge is -2.14. The van der Waals surface area contributed by atoms with Crippen LogP contribution in [-0.2, 0) is 0 Å². The Morgan fingerprint density at radius 3 is 2.76 bits per heavy atom. The maximum absolute atomic E-state index is 11.7. The summed E-state index contributed by atoms with van der Waals surface area (Å²) in [4.78, 5) is 15.7. The van der Waals surface area contributed by atoms with Crippen molar-refractivity contribution in [1.29, 1.82) is 0 Å². The van der Waals surface area contributed by atoms with E-state index in [4.69, 9.17) is 0 Å². The molecule has 1 heterocycles. The normalized spacial score (nSPS) is 14.1. The molecule has 1 aromatic rings. The van der Waals surface area contributed by atoms with E-state index >= 15 is 0 Å². The van der Waals surface area contributed by atoms with Crippen LogP contribution in [0.1, 0.15) is 30.6 Å². The average molecular weight is 301 g/mol. The van der Waals surface area contributed by atoms with Gasteiger partial charge >= 0.3 is 0 Å². The van der Waals surface area contributed by atoms with Crippen LogP contribution < -0.4 is 5.32 Å². The fraction of sp³-hybridized carbons (Fsp3) is 0.500. The highest BCUT2D eigenvalue weighted by Crippen LogP contribution is 2.07. The van der Waals surface area contributed by atoms with Crippen molar-refractivity contribution in [3.63, 3.8) is 0 Å². The standard InChI is InChI=1S/C12H17BrN2O2/c1-8(5-9(2)16)6-15-12(17)10-3-4-11(13)14-7-10/h3-4,7-9,16H,5-6H2,1-2H3,(H,15,17). The Kier molecular flexibility index (Phi) is 5.58. The molecule has 2 unspecified atom stereocenters. The average Bonchev–Trinajstić information content (AvgIpc) is 2.26. The zero-order valence-corrected chi connectivity index (χ0v) is 11.6. The number of hydrogen-bond donors (Lipinski definition) is 2. The molecule has 0 aromatic carbocycles. The first kappa shape index (κ1) is 14.1. The van der Waals surface area contributed by atoms with Crippen LogP contribution in [0, 0.1) is 5.92 Å². The summed E-state index contributed by atoms with van der Waals surface area (Å²) in [6.45, 7) is 4.30. The summed E-state index contributed by atoms with van der Waals surface area (Å²) in [6.07, 6.45) is 1.87. The van der Waals surface area contributed by atoms with Gasteiger partial charge in [0.2, 0.25) is 0 Å². The number of aliphatic hydroxyl groups is 1. The van der Waals surface area contributed by atoms with Crippen LogP contribution in [-0.4, -0.2) is 28.6 Å². The number of nitrogens with one attached hydrogen (secondary N) is 1. The molecular formula is C12H17BrN2O2. The molecule has 0 radical (unpaired) electrons. The lowest BCUT2D eigenvalue weighted by atomic mass is 10.0. The van der Waals surface area contributed by atoms with Crippen molar-refractivity contribution >= 4 is 21.8 Å². The Morgan fingerprint density at radius 1 is 1.53 bits per heavy atom. The first-order valence-corrected chi connectivity index (χ1v) is 6.36. The van der Waals surface area contributed by atoms with Crippen LogP contribution in [0.4, 0.5) is 0 Å². The van der Waals surface area contributed by atoms with Gasteiger partial charge in [-0.25, -0.2) is 4.98 Å². The summed E-state index contributed by atoms with van der Waals surface area (Å²) in [5.41, 5.74) is 0.539. The fourth-order valence-electron chi connectivity index (χ4n) is 1.54. The molecule has 2 N–H and O–H groups in total. The van der Waals surface area contributed by atoms with E-state index in [1.54, 1.807) is 19.1 Å². The number of rotatable bonds is 5. The lowest BCUT2D eigenvalue weighted by Crippen LogP contribution is -2.29. The Morgan fingerprint density at radius 2 is 2.24 bits per heavy atom. The van der Waals surface area contributed by atoms with E-state index in [2.05, 4.69) is 26.2 Å². The van der Waals surface area contributed by atoms with Gasteiger partial charge in [0.25, 0.3) is 5.91 Å². The minimum absolute atomic E-state index is 0.137. The number of carbonyl (C=O) groups is 1. The van der Waals surface area contributed by atoms with Gasteiger partial charge in [0.15, 0.2) is 0 Å². The molecule has 5 heteroatoms. The molecule has 0 aliphatic carbocycles. The third-order valence-electron chi connectivity index (χ3n) is 2.34. The van der Waals surface area contributed by atoms with Crippen molar-refractivity contribution in [2.45, 2.75) is 26.4 Å². The van der Waals surface area contributed by atoms with Crippen LogP contribution in [0.3, 0.4) is 0 Å². The highest BCUT2D eigenvalue weighted by molar-refractivity contribution is 9.10. The molecule has 17 heavy (non-hydrogen) atoms. The number of amides is 1. The molecule has 0 aliphatic rings.